The second kappa shape index (κ2) is 7.21. The minimum absolute atomic E-state index is 0.0619. The number of nitrogens with zero attached hydrogens (tertiary/aromatic N) is 1. The number of hydrogen-bond donors (Lipinski definition) is 2. The molecule has 148 valence electrons. The van der Waals surface area contributed by atoms with Gasteiger partial charge in [-0.05, 0) is 48.7 Å². The molecule has 5 nitrogen and oxygen atoms in total. The number of piperidine rings is 1. The van der Waals surface area contributed by atoms with Crippen LogP contribution in [0, 0.1) is 5.92 Å². The van der Waals surface area contributed by atoms with E-state index in [2.05, 4.69) is 10.2 Å². The first-order valence-electron chi connectivity index (χ1n) is 8.91. The van der Waals surface area contributed by atoms with E-state index in [-0.39, 0.29) is 17.6 Å². The number of carbonyl (C=O) groups excluding carboxylic acids is 2. The quantitative estimate of drug-likeness (QED) is 0.814. The SMILES string of the molecule is O=C(NC1CN2CC[C@H]1C2)c1ccc(-c2ccc(NC(=O)C(F)(F)F)cc2)s1. The van der Waals surface area contributed by atoms with E-state index in [1.165, 1.54) is 23.5 Å². The maximum absolute atomic E-state index is 12.5. The lowest BCUT2D eigenvalue weighted by Gasteiger charge is -2.22. The Kier molecular flexibility index (Phi) is 4.88. The second-order valence-electron chi connectivity index (χ2n) is 7.08. The van der Waals surface area contributed by atoms with Crippen LogP contribution in [-0.2, 0) is 4.79 Å². The molecule has 1 aromatic carbocycles. The first-order valence-corrected chi connectivity index (χ1v) is 9.73. The van der Waals surface area contributed by atoms with E-state index in [0.717, 1.165) is 36.5 Å². The lowest BCUT2D eigenvalue weighted by molar-refractivity contribution is -0.167. The summed E-state index contributed by atoms with van der Waals surface area (Å²) in [5.74, 6) is -1.57. The fourth-order valence-electron chi connectivity index (χ4n) is 3.72. The number of carbonyl (C=O) groups is 2. The molecule has 4 rings (SSSR count). The first kappa shape index (κ1) is 18.9. The van der Waals surface area contributed by atoms with E-state index in [9.17, 15) is 22.8 Å². The summed E-state index contributed by atoms with van der Waals surface area (Å²) in [5.41, 5.74) is 0.826. The van der Waals surface area contributed by atoms with Gasteiger partial charge >= 0.3 is 12.1 Å². The van der Waals surface area contributed by atoms with Crippen LogP contribution in [0.2, 0.25) is 0 Å². The summed E-state index contributed by atoms with van der Waals surface area (Å²) < 4.78 is 36.9. The second-order valence-corrected chi connectivity index (χ2v) is 8.17. The number of amides is 2. The Bertz CT molecular complexity index is 895. The van der Waals surface area contributed by atoms with Crippen molar-refractivity contribution < 1.29 is 22.8 Å². The number of alkyl halides is 3. The van der Waals surface area contributed by atoms with E-state index in [1.54, 1.807) is 18.2 Å². The number of nitrogens with one attached hydrogen (secondary N) is 2. The van der Waals surface area contributed by atoms with Gasteiger partial charge in [-0.1, -0.05) is 12.1 Å². The van der Waals surface area contributed by atoms with Crippen molar-refractivity contribution in [2.45, 2.75) is 18.6 Å². The maximum Gasteiger partial charge on any atom is 0.471 e. The Morgan fingerprint density at radius 3 is 2.43 bits per heavy atom. The van der Waals surface area contributed by atoms with Gasteiger partial charge in [-0.2, -0.15) is 13.2 Å². The van der Waals surface area contributed by atoms with E-state index in [0.29, 0.717) is 10.8 Å². The summed E-state index contributed by atoms with van der Waals surface area (Å²) >= 11 is 1.33. The topological polar surface area (TPSA) is 61.4 Å². The van der Waals surface area contributed by atoms with Crippen molar-refractivity contribution in [1.29, 1.82) is 0 Å². The molecule has 3 atom stereocenters. The monoisotopic (exact) mass is 409 g/mol. The van der Waals surface area contributed by atoms with E-state index >= 15 is 0 Å². The van der Waals surface area contributed by atoms with Crippen LogP contribution in [0.3, 0.4) is 0 Å². The lowest BCUT2D eigenvalue weighted by Crippen LogP contribution is -2.42. The summed E-state index contributed by atoms with van der Waals surface area (Å²) in [4.78, 5) is 27.3. The van der Waals surface area contributed by atoms with Gasteiger partial charge < -0.3 is 15.5 Å². The normalized spacial score (nSPS) is 23.6. The van der Waals surface area contributed by atoms with Crippen LogP contribution in [0.4, 0.5) is 18.9 Å². The highest BCUT2D eigenvalue weighted by atomic mass is 32.1. The summed E-state index contributed by atoms with van der Waals surface area (Å²) in [6.45, 7) is 3.07. The van der Waals surface area contributed by atoms with Gasteiger partial charge in [0.25, 0.3) is 5.91 Å². The summed E-state index contributed by atoms with van der Waals surface area (Å²) in [5, 5.41) is 4.92. The number of anilines is 1. The Morgan fingerprint density at radius 2 is 1.82 bits per heavy atom. The Hall–Kier alpha value is -2.39. The molecule has 1 aromatic heterocycles. The minimum Gasteiger partial charge on any atom is -0.347 e. The highest BCUT2D eigenvalue weighted by molar-refractivity contribution is 7.17. The summed E-state index contributed by atoms with van der Waals surface area (Å²) in [6.07, 6.45) is -3.80. The van der Waals surface area contributed by atoms with Crippen molar-refractivity contribution >= 4 is 28.8 Å². The van der Waals surface area contributed by atoms with Gasteiger partial charge in [-0.3, -0.25) is 9.59 Å². The molecule has 2 fully saturated rings. The van der Waals surface area contributed by atoms with Crippen molar-refractivity contribution in [3.05, 3.63) is 41.3 Å². The Morgan fingerprint density at radius 1 is 1.07 bits per heavy atom. The Balaban J connectivity index is 1.39. The van der Waals surface area contributed by atoms with Crippen LogP contribution in [0.1, 0.15) is 16.1 Å². The van der Waals surface area contributed by atoms with Crippen LogP contribution in [-0.4, -0.2) is 48.6 Å². The average molecular weight is 409 g/mol. The lowest BCUT2D eigenvalue weighted by atomic mass is 10.00. The smallest absolute Gasteiger partial charge is 0.347 e. The average Bonchev–Trinajstić information content (AvgIpc) is 3.38. The van der Waals surface area contributed by atoms with Gasteiger partial charge in [-0.25, -0.2) is 0 Å². The van der Waals surface area contributed by atoms with Gasteiger partial charge in [0.15, 0.2) is 0 Å². The van der Waals surface area contributed by atoms with Crippen LogP contribution in [0.5, 0.6) is 0 Å². The summed E-state index contributed by atoms with van der Waals surface area (Å²) in [6, 6.07) is 9.80. The zero-order valence-electron chi connectivity index (χ0n) is 14.8. The van der Waals surface area contributed by atoms with Gasteiger partial charge in [0, 0.05) is 29.7 Å². The fourth-order valence-corrected chi connectivity index (χ4v) is 4.64. The van der Waals surface area contributed by atoms with Crippen molar-refractivity contribution in [2.75, 3.05) is 25.0 Å². The van der Waals surface area contributed by atoms with Gasteiger partial charge in [-0.15, -0.1) is 11.3 Å². The zero-order valence-corrected chi connectivity index (χ0v) is 15.6. The Labute approximate surface area is 163 Å². The highest BCUT2D eigenvalue weighted by Crippen LogP contribution is 2.31. The predicted octanol–water partition coefficient (Wildman–Crippen LogP) is 3.35. The molecule has 2 saturated heterocycles. The van der Waals surface area contributed by atoms with Crippen molar-refractivity contribution in [3.8, 4) is 10.4 Å². The summed E-state index contributed by atoms with van der Waals surface area (Å²) in [7, 11) is 0. The van der Waals surface area contributed by atoms with Crippen LogP contribution in [0.15, 0.2) is 36.4 Å². The molecule has 2 aromatic rings. The number of rotatable bonds is 4. The number of fused-ring (bicyclic) bond motifs is 2. The molecule has 2 N–H and O–H groups in total. The van der Waals surface area contributed by atoms with Gasteiger partial charge in [0.1, 0.15) is 0 Å². The third-order valence-electron chi connectivity index (χ3n) is 5.16. The van der Waals surface area contributed by atoms with Crippen LogP contribution < -0.4 is 10.6 Å². The molecule has 2 aliphatic rings. The first-order chi connectivity index (χ1) is 13.3. The molecule has 28 heavy (non-hydrogen) atoms. The van der Waals surface area contributed by atoms with Gasteiger partial charge in [0.2, 0.25) is 0 Å². The molecule has 0 spiro atoms. The molecule has 2 aliphatic heterocycles. The number of thiophene rings is 1. The molecule has 0 saturated carbocycles. The molecule has 0 radical (unpaired) electrons. The van der Waals surface area contributed by atoms with Crippen molar-refractivity contribution in [3.63, 3.8) is 0 Å². The fraction of sp³-hybridized carbons (Fsp3) is 0.368. The number of halogens is 3. The van der Waals surface area contributed by atoms with E-state index < -0.39 is 12.1 Å². The third kappa shape index (κ3) is 3.90. The number of hydrogen-bond acceptors (Lipinski definition) is 4. The van der Waals surface area contributed by atoms with E-state index in [4.69, 9.17) is 0 Å². The molecular weight excluding hydrogens is 391 g/mol. The number of benzene rings is 1. The third-order valence-corrected chi connectivity index (χ3v) is 6.30. The van der Waals surface area contributed by atoms with Crippen molar-refractivity contribution in [2.24, 2.45) is 5.92 Å². The molecule has 3 heterocycles. The largest absolute Gasteiger partial charge is 0.471 e. The molecule has 2 bridgehead atoms. The predicted molar refractivity (Wildman–Crippen MR) is 100 cm³/mol. The van der Waals surface area contributed by atoms with Crippen molar-refractivity contribution in [1.82, 2.24) is 10.2 Å². The molecular formula is C19H18F3N3O2S. The highest BCUT2D eigenvalue weighted by Gasteiger charge is 2.39. The van der Waals surface area contributed by atoms with E-state index in [1.807, 2.05) is 11.4 Å². The molecule has 9 heteroatoms. The molecule has 2 amide bonds. The minimum atomic E-state index is -4.93. The molecule has 2 unspecified atom stereocenters. The zero-order chi connectivity index (χ0) is 19.9. The standard InChI is InChI=1S/C19H18F3N3O2S/c20-19(21,22)18(27)23-13-3-1-11(2-4-13)15-5-6-16(28-15)17(26)24-14-10-25-8-7-12(14)9-25/h1-6,12,14H,7-10H2,(H,23,27)(H,24,26)/t12-,14?/m0/s1. The maximum atomic E-state index is 12.5. The van der Waals surface area contributed by atoms with Gasteiger partial charge in [0.05, 0.1) is 4.88 Å². The molecule has 0 aliphatic carbocycles. The van der Waals surface area contributed by atoms with Crippen LogP contribution in [0.25, 0.3) is 10.4 Å². The van der Waals surface area contributed by atoms with Crippen LogP contribution >= 0.6 is 11.3 Å².